The molecular formula is C20H38AlO4P. The van der Waals surface area contributed by atoms with Gasteiger partial charge in [0, 0.05) is 0 Å². The Morgan fingerprint density at radius 3 is 1.77 bits per heavy atom. The molecule has 1 rings (SSSR count). The second-order valence-electron chi connectivity index (χ2n) is 6.60. The van der Waals surface area contributed by atoms with Crippen molar-refractivity contribution in [2.45, 2.75) is 84.0 Å². The lowest BCUT2D eigenvalue weighted by molar-refractivity contribution is 0.199. The first-order valence-electron chi connectivity index (χ1n) is 9.86. The van der Waals surface area contributed by atoms with Crippen molar-refractivity contribution in [1.29, 1.82) is 0 Å². The van der Waals surface area contributed by atoms with Crippen LogP contribution in [0.25, 0.3) is 0 Å². The van der Waals surface area contributed by atoms with E-state index in [1.807, 2.05) is 6.07 Å². The van der Waals surface area contributed by atoms with Crippen LogP contribution >= 0.6 is 7.82 Å². The van der Waals surface area contributed by atoms with Crippen LogP contribution in [0.5, 0.6) is 5.75 Å². The van der Waals surface area contributed by atoms with Crippen LogP contribution < -0.4 is 4.52 Å². The third-order valence-corrected chi connectivity index (χ3v) is 5.17. The molecule has 0 saturated carbocycles. The van der Waals surface area contributed by atoms with Gasteiger partial charge in [-0.3, -0.25) is 9.42 Å². The van der Waals surface area contributed by atoms with E-state index in [0.717, 1.165) is 19.3 Å². The molecule has 0 radical (unpaired) electrons. The van der Waals surface area contributed by atoms with Crippen molar-refractivity contribution in [3.63, 3.8) is 0 Å². The van der Waals surface area contributed by atoms with Gasteiger partial charge in [-0.2, -0.15) is 0 Å². The van der Waals surface area contributed by atoms with Gasteiger partial charge in [0.15, 0.2) is 17.4 Å². The van der Waals surface area contributed by atoms with E-state index in [1.165, 1.54) is 57.8 Å². The van der Waals surface area contributed by atoms with E-state index in [4.69, 9.17) is 9.05 Å². The maximum absolute atomic E-state index is 11.8. The average Bonchev–Trinajstić information content (AvgIpc) is 2.59. The van der Waals surface area contributed by atoms with Crippen LogP contribution in [0.15, 0.2) is 30.3 Å². The second-order valence-corrected chi connectivity index (χ2v) is 7.97. The highest BCUT2D eigenvalue weighted by molar-refractivity contribution is 7.47. The molecule has 0 fully saturated rings. The van der Waals surface area contributed by atoms with Crippen molar-refractivity contribution >= 4 is 25.2 Å². The molecule has 0 heterocycles. The summed E-state index contributed by atoms with van der Waals surface area (Å²) in [6.07, 6.45) is 15.0. The number of benzene rings is 1. The Bertz CT molecular complexity index is 470. The van der Waals surface area contributed by atoms with Gasteiger partial charge < -0.3 is 4.52 Å². The van der Waals surface area contributed by atoms with Crippen LogP contribution in [0.1, 0.15) is 84.0 Å². The minimum atomic E-state index is -4.00. The average molecular weight is 400 g/mol. The molecule has 0 aliphatic rings. The molecule has 0 aromatic heterocycles. The Labute approximate surface area is 170 Å². The Kier molecular flexibility index (Phi) is 16.7. The third kappa shape index (κ3) is 14.8. The van der Waals surface area contributed by atoms with Gasteiger partial charge in [-0.1, -0.05) is 95.8 Å². The monoisotopic (exact) mass is 400 g/mol. The van der Waals surface area contributed by atoms with Gasteiger partial charge in [-0.15, -0.1) is 0 Å². The Morgan fingerprint density at radius 1 is 0.808 bits per heavy atom. The van der Waals surface area contributed by atoms with E-state index in [2.05, 4.69) is 6.92 Å². The molecule has 26 heavy (non-hydrogen) atoms. The summed E-state index contributed by atoms with van der Waals surface area (Å²) in [6, 6.07) is 8.59. The van der Waals surface area contributed by atoms with E-state index < -0.39 is 7.82 Å². The fraction of sp³-hybridized carbons (Fsp3) is 0.700. The first-order valence-corrected chi connectivity index (χ1v) is 11.4. The molecule has 0 spiro atoms. The normalized spacial score (nSPS) is 13.0. The van der Waals surface area contributed by atoms with Gasteiger partial charge in [0.1, 0.15) is 5.75 Å². The van der Waals surface area contributed by atoms with Gasteiger partial charge in [-0.05, 0) is 18.6 Å². The summed E-state index contributed by atoms with van der Waals surface area (Å²) in [5.74, 6) is 0.350. The van der Waals surface area contributed by atoms with Crippen LogP contribution in [0.3, 0.4) is 0 Å². The highest BCUT2D eigenvalue weighted by Crippen LogP contribution is 2.43. The molecule has 1 aromatic rings. The smallest absolute Gasteiger partial charge is 0.404 e. The third-order valence-electron chi connectivity index (χ3n) is 4.22. The topological polar surface area (TPSA) is 55.8 Å². The Morgan fingerprint density at radius 2 is 1.27 bits per heavy atom. The summed E-state index contributed by atoms with van der Waals surface area (Å²) in [5.41, 5.74) is 0. The summed E-state index contributed by atoms with van der Waals surface area (Å²) in [4.78, 5) is 9.66. The number of phosphoric acid groups is 1. The van der Waals surface area contributed by atoms with Crippen LogP contribution in [0, 0.1) is 0 Å². The molecule has 6 heteroatoms. The van der Waals surface area contributed by atoms with Gasteiger partial charge in [0.25, 0.3) is 0 Å². The lowest BCUT2D eigenvalue weighted by Gasteiger charge is -2.12. The van der Waals surface area contributed by atoms with Crippen molar-refractivity contribution in [3.05, 3.63) is 30.3 Å². The molecule has 0 aliphatic carbocycles. The molecule has 0 bridgehead atoms. The van der Waals surface area contributed by atoms with Crippen LogP contribution in [0.4, 0.5) is 0 Å². The van der Waals surface area contributed by atoms with Crippen molar-refractivity contribution in [3.8, 4) is 5.75 Å². The van der Waals surface area contributed by atoms with Gasteiger partial charge in [0.2, 0.25) is 0 Å². The fourth-order valence-electron chi connectivity index (χ4n) is 2.76. The number of hydrogen-bond donors (Lipinski definition) is 1. The van der Waals surface area contributed by atoms with Crippen molar-refractivity contribution < 1.29 is 18.5 Å². The zero-order chi connectivity index (χ0) is 18.2. The molecule has 4 nitrogen and oxygen atoms in total. The van der Waals surface area contributed by atoms with Crippen LogP contribution in [-0.2, 0) is 9.09 Å². The molecule has 1 unspecified atom stereocenters. The molecule has 1 N–H and O–H groups in total. The number of rotatable bonds is 16. The first kappa shape index (κ1) is 25.7. The van der Waals surface area contributed by atoms with Crippen LogP contribution in [-0.4, -0.2) is 28.9 Å². The Hall–Kier alpha value is -0.298. The second kappa shape index (κ2) is 16.8. The van der Waals surface area contributed by atoms with E-state index in [9.17, 15) is 9.46 Å². The van der Waals surface area contributed by atoms with Crippen molar-refractivity contribution in [1.82, 2.24) is 0 Å². The van der Waals surface area contributed by atoms with Gasteiger partial charge in [-0.25, -0.2) is 4.57 Å². The predicted octanol–water partition coefficient (Wildman–Crippen LogP) is 5.70. The number of phosphoric ester groups is 1. The summed E-state index contributed by atoms with van der Waals surface area (Å²) in [7, 11) is -4.00. The lowest BCUT2D eigenvalue weighted by atomic mass is 10.1. The largest absolute Gasteiger partial charge is 0.527 e. The predicted molar refractivity (Wildman–Crippen MR) is 114 cm³/mol. The molecule has 150 valence electrons. The van der Waals surface area contributed by atoms with E-state index >= 15 is 0 Å². The molecule has 0 amide bonds. The number of hydrogen-bond acceptors (Lipinski definition) is 3. The fourth-order valence-corrected chi connectivity index (χ4v) is 3.56. The maximum atomic E-state index is 11.8. The highest BCUT2D eigenvalue weighted by atomic mass is 31.2. The minimum absolute atomic E-state index is 0. The van der Waals surface area contributed by atoms with Crippen molar-refractivity contribution in [2.75, 3.05) is 6.61 Å². The molecule has 0 saturated heterocycles. The molecular weight excluding hydrogens is 362 g/mol. The quantitative estimate of drug-likeness (QED) is 0.220. The van der Waals surface area contributed by atoms with E-state index in [0.29, 0.717) is 5.75 Å². The summed E-state index contributed by atoms with van der Waals surface area (Å²) < 4.78 is 21.8. The summed E-state index contributed by atoms with van der Waals surface area (Å²) >= 11 is 0. The lowest BCUT2D eigenvalue weighted by Crippen LogP contribution is -1.99. The standard InChI is InChI=1S/C20H35O4P.Al.3H/c1-2-3-4-5-6-7-8-9-10-11-12-16-19-23-25(21,22)24-20-17-14-13-15-18-20;;;;/h13-15,17-18H,2-12,16,19H2,1H3,(H,21,22);;;;. The molecule has 1 aromatic carbocycles. The molecule has 0 aliphatic heterocycles. The number of unbranched alkanes of at least 4 members (excludes halogenated alkanes) is 11. The van der Waals surface area contributed by atoms with Crippen LogP contribution in [0.2, 0.25) is 0 Å². The molecule has 1 atom stereocenters. The zero-order valence-electron chi connectivity index (χ0n) is 15.7. The first-order chi connectivity index (χ1) is 12.1. The van der Waals surface area contributed by atoms with E-state index in [1.54, 1.807) is 24.3 Å². The van der Waals surface area contributed by atoms with Gasteiger partial charge in [0.05, 0.1) is 6.61 Å². The zero-order valence-corrected chi connectivity index (χ0v) is 16.6. The van der Waals surface area contributed by atoms with Gasteiger partial charge >= 0.3 is 7.82 Å². The summed E-state index contributed by atoms with van der Waals surface area (Å²) in [5, 5.41) is 0. The Balaban J connectivity index is 0.00000625. The minimum Gasteiger partial charge on any atom is -0.404 e. The maximum Gasteiger partial charge on any atom is 0.527 e. The highest BCUT2D eigenvalue weighted by Gasteiger charge is 2.22. The number of para-hydroxylation sites is 1. The summed E-state index contributed by atoms with van der Waals surface area (Å²) in [6.45, 7) is 2.51. The SMILES string of the molecule is CCCCCCCCCCCCCCOP(=O)(O)Oc1ccccc1.[AlH3]. The van der Waals surface area contributed by atoms with Crippen molar-refractivity contribution in [2.24, 2.45) is 0 Å². The van der Waals surface area contributed by atoms with E-state index in [-0.39, 0.29) is 24.0 Å².